The van der Waals surface area contributed by atoms with E-state index in [0.29, 0.717) is 0 Å². The van der Waals surface area contributed by atoms with Gasteiger partial charge in [-0.15, -0.1) is 0 Å². The second-order valence-corrected chi connectivity index (χ2v) is 18.3. The van der Waals surface area contributed by atoms with E-state index in [4.69, 9.17) is 0 Å². The number of aromatic nitrogens is 1. The van der Waals surface area contributed by atoms with Gasteiger partial charge in [-0.25, -0.2) is 8.78 Å². The molecule has 324 valence electrons. The smallest absolute Gasteiger partial charge is 0.125 e. The fraction of sp³-hybridized carbons (Fsp3) is 0.0476. The van der Waals surface area contributed by atoms with Crippen LogP contribution >= 0.6 is 0 Å². The molecule has 0 amide bonds. The Labute approximate surface area is 393 Å². The zero-order chi connectivity index (χ0) is 45.7. The third-order valence-electron chi connectivity index (χ3n) is 14.1. The third kappa shape index (κ3) is 5.95. The number of hydrogen-bond donors (Lipinski definition) is 0. The molecule has 1 aromatic heterocycles. The zero-order valence-electron chi connectivity index (χ0n) is 37.5. The van der Waals surface area contributed by atoms with Crippen molar-refractivity contribution < 1.29 is 8.78 Å². The van der Waals surface area contributed by atoms with E-state index >= 15 is 4.39 Å². The molecule has 0 aliphatic heterocycles. The van der Waals surface area contributed by atoms with Crippen LogP contribution < -0.4 is 9.80 Å². The molecule has 13 rings (SSSR count). The lowest BCUT2D eigenvalue weighted by Crippen LogP contribution is -2.17. The van der Waals surface area contributed by atoms with E-state index in [0.717, 1.165) is 56.2 Å². The fourth-order valence-corrected chi connectivity index (χ4v) is 11.4. The maximum atomic E-state index is 15.1. The van der Waals surface area contributed by atoms with Gasteiger partial charge in [0.15, 0.2) is 0 Å². The van der Waals surface area contributed by atoms with Crippen molar-refractivity contribution >= 4 is 88.2 Å². The predicted octanol–water partition coefficient (Wildman–Crippen LogP) is 17.8. The molecule has 0 radical (unpaired) electrons. The zero-order valence-corrected chi connectivity index (χ0v) is 37.5. The van der Waals surface area contributed by atoms with Crippen LogP contribution in [0, 0.1) is 11.6 Å². The Morgan fingerprint density at radius 1 is 0.382 bits per heavy atom. The van der Waals surface area contributed by atoms with Crippen LogP contribution in [-0.2, 0) is 5.41 Å². The maximum absolute atomic E-state index is 15.1. The Morgan fingerprint density at radius 3 is 1.44 bits per heavy atom. The highest BCUT2D eigenvalue weighted by Crippen LogP contribution is 2.59. The van der Waals surface area contributed by atoms with Gasteiger partial charge < -0.3 is 14.4 Å². The summed E-state index contributed by atoms with van der Waals surface area (Å²) in [6.07, 6.45) is 0. The topological polar surface area (TPSA) is 11.4 Å². The second-order valence-electron chi connectivity index (χ2n) is 18.3. The van der Waals surface area contributed by atoms with Crippen LogP contribution in [0.1, 0.15) is 25.0 Å². The van der Waals surface area contributed by atoms with Gasteiger partial charge in [0.2, 0.25) is 0 Å². The van der Waals surface area contributed by atoms with Crippen LogP contribution in [0.15, 0.2) is 224 Å². The Kier molecular flexibility index (Phi) is 8.93. The van der Waals surface area contributed by atoms with Gasteiger partial charge in [-0.1, -0.05) is 141 Å². The highest BCUT2D eigenvalue weighted by Gasteiger charge is 2.40. The monoisotopic (exact) mass is 879 g/mol. The normalized spacial score (nSPS) is 12.8. The summed E-state index contributed by atoms with van der Waals surface area (Å²) in [7, 11) is 0. The molecule has 0 saturated carbocycles. The van der Waals surface area contributed by atoms with E-state index in [1.54, 1.807) is 24.3 Å². The molecule has 1 heterocycles. The molecule has 0 fully saturated rings. The molecule has 5 heteroatoms. The van der Waals surface area contributed by atoms with Gasteiger partial charge in [0.1, 0.15) is 11.6 Å². The van der Waals surface area contributed by atoms with Crippen LogP contribution in [0.3, 0.4) is 0 Å². The molecule has 3 nitrogen and oxygen atoms in total. The van der Waals surface area contributed by atoms with Crippen molar-refractivity contribution in [3.63, 3.8) is 0 Å². The van der Waals surface area contributed by atoms with Crippen LogP contribution in [-0.4, -0.2) is 4.57 Å². The van der Waals surface area contributed by atoms with Gasteiger partial charge in [-0.3, -0.25) is 0 Å². The Hall–Kier alpha value is -8.54. The van der Waals surface area contributed by atoms with E-state index in [-0.39, 0.29) is 11.6 Å². The number of nitrogens with zero attached hydrogens (tertiary/aromatic N) is 3. The molecule has 11 aromatic carbocycles. The molecule has 0 saturated heterocycles. The van der Waals surface area contributed by atoms with Crippen LogP contribution in [0.25, 0.3) is 70.9 Å². The first kappa shape index (κ1) is 39.8. The van der Waals surface area contributed by atoms with Crippen molar-refractivity contribution in [3.8, 4) is 16.8 Å². The van der Waals surface area contributed by atoms with Crippen molar-refractivity contribution in [2.24, 2.45) is 0 Å². The SMILES string of the molecule is CC1(C)c2cc(N(c3ccccc3)c3cccc(F)c3)ccc2-c2c1c1ccccc1c1c2c2ccccc2c2c3ccc(N(c4ccccc4)c4cccc(F)c4)cc3n(-c3ccccc3)c21. The van der Waals surface area contributed by atoms with E-state index in [2.05, 4.69) is 168 Å². The highest BCUT2D eigenvalue weighted by molar-refractivity contribution is 6.39. The van der Waals surface area contributed by atoms with E-state index in [9.17, 15) is 4.39 Å². The standard InChI is InChI=1S/C63H43F2N3/c1-63(2)55-38-47(66(42-20-6-3-7-21-42)45-26-16-18-40(64)36-45)32-34-53(55)59-58-50-29-13-12-28-49(50)57-54-35-33-48(67(43-22-8-4-9-23-43)46-27-17-19-41(65)37-46)39-56(54)68(44-24-10-5-11-25-44)62(57)60(58)51-30-14-15-31-52(51)61(59)63/h3-39H,1-2H3. The number of rotatable bonds is 7. The molecular weight excluding hydrogens is 837 g/mol. The van der Waals surface area contributed by atoms with Crippen molar-refractivity contribution in [1.82, 2.24) is 4.57 Å². The number of anilines is 6. The van der Waals surface area contributed by atoms with Crippen LogP contribution in [0.5, 0.6) is 0 Å². The minimum absolute atomic E-state index is 0.280. The first-order valence-corrected chi connectivity index (χ1v) is 23.1. The quantitative estimate of drug-likeness (QED) is 0.148. The number of halogens is 2. The first-order valence-electron chi connectivity index (χ1n) is 23.1. The summed E-state index contributed by atoms with van der Waals surface area (Å²) < 4.78 is 32.5. The molecule has 0 bridgehead atoms. The minimum Gasteiger partial charge on any atom is -0.310 e. The van der Waals surface area contributed by atoms with Gasteiger partial charge in [0.05, 0.1) is 11.0 Å². The number of fused-ring (bicyclic) bond motifs is 15. The average molecular weight is 880 g/mol. The summed E-state index contributed by atoms with van der Waals surface area (Å²) in [5.74, 6) is -0.570. The van der Waals surface area contributed by atoms with Crippen molar-refractivity contribution in [1.29, 1.82) is 0 Å². The lowest BCUT2D eigenvalue weighted by molar-refractivity contribution is 0.627. The van der Waals surface area contributed by atoms with Gasteiger partial charge in [-0.2, -0.15) is 0 Å². The van der Waals surface area contributed by atoms with Crippen molar-refractivity contribution in [2.75, 3.05) is 9.80 Å². The second kappa shape index (κ2) is 15.3. The number of benzene rings is 11. The average Bonchev–Trinajstić information content (AvgIpc) is 3.83. The lowest BCUT2D eigenvalue weighted by atomic mass is 9.78. The third-order valence-corrected chi connectivity index (χ3v) is 14.1. The molecule has 12 aromatic rings. The number of hydrogen-bond acceptors (Lipinski definition) is 2. The van der Waals surface area contributed by atoms with Crippen LogP contribution in [0.4, 0.5) is 42.9 Å². The summed E-state index contributed by atoms with van der Waals surface area (Å²) in [6, 6.07) is 76.1. The molecule has 0 N–H and O–H groups in total. The Balaban J connectivity index is 1.16. The highest BCUT2D eigenvalue weighted by atomic mass is 19.1. The molecule has 0 unspecified atom stereocenters. The van der Waals surface area contributed by atoms with E-state index in [1.807, 2.05) is 48.5 Å². The van der Waals surface area contributed by atoms with E-state index < -0.39 is 5.41 Å². The van der Waals surface area contributed by atoms with Gasteiger partial charge >= 0.3 is 0 Å². The summed E-state index contributed by atoms with van der Waals surface area (Å²) in [4.78, 5) is 4.28. The van der Waals surface area contributed by atoms with Crippen LogP contribution in [0.2, 0.25) is 0 Å². The Bertz CT molecular complexity index is 3970. The maximum Gasteiger partial charge on any atom is 0.125 e. The number of para-hydroxylation sites is 3. The Morgan fingerprint density at radius 2 is 0.853 bits per heavy atom. The first-order chi connectivity index (χ1) is 33.3. The van der Waals surface area contributed by atoms with Gasteiger partial charge in [-0.05, 0) is 141 Å². The fourth-order valence-electron chi connectivity index (χ4n) is 11.4. The lowest BCUT2D eigenvalue weighted by Gasteiger charge is -2.28. The van der Waals surface area contributed by atoms with Gasteiger partial charge in [0, 0.05) is 66.8 Å². The largest absolute Gasteiger partial charge is 0.310 e. The predicted molar refractivity (Wildman–Crippen MR) is 280 cm³/mol. The van der Waals surface area contributed by atoms with Crippen molar-refractivity contribution in [3.05, 3.63) is 247 Å². The molecule has 1 aliphatic rings. The summed E-state index contributed by atoms with van der Waals surface area (Å²) >= 11 is 0. The molecule has 0 spiro atoms. The summed E-state index contributed by atoms with van der Waals surface area (Å²) in [5, 5.41) is 9.50. The minimum atomic E-state index is -0.409. The molecule has 68 heavy (non-hydrogen) atoms. The van der Waals surface area contributed by atoms with Gasteiger partial charge in [0.25, 0.3) is 0 Å². The molecular formula is C63H43F2N3. The van der Waals surface area contributed by atoms with E-state index in [1.165, 1.54) is 72.1 Å². The molecule has 0 atom stereocenters. The summed E-state index contributed by atoms with van der Waals surface area (Å²) in [6.45, 7) is 4.71. The van der Waals surface area contributed by atoms with Crippen molar-refractivity contribution in [2.45, 2.75) is 19.3 Å². The summed E-state index contributed by atoms with van der Waals surface area (Å²) in [5.41, 5.74) is 13.0. The molecule has 1 aliphatic carbocycles.